The Morgan fingerprint density at radius 2 is 1.95 bits per heavy atom. The first-order valence-electron chi connectivity index (χ1n) is 5.84. The van der Waals surface area contributed by atoms with Gasteiger partial charge in [-0.25, -0.2) is 0 Å². The number of ether oxygens (including phenoxy) is 1. The first kappa shape index (κ1) is 13.8. The molecule has 0 amide bonds. The third-order valence-corrected chi connectivity index (χ3v) is 3.09. The van der Waals surface area contributed by atoms with Crippen molar-refractivity contribution in [2.24, 2.45) is 0 Å². The van der Waals surface area contributed by atoms with Crippen molar-refractivity contribution in [2.45, 2.75) is 6.92 Å². The molecule has 0 fully saturated rings. The van der Waals surface area contributed by atoms with Gasteiger partial charge in [-0.1, -0.05) is 23.2 Å². The van der Waals surface area contributed by atoms with E-state index in [0.717, 1.165) is 11.4 Å². The van der Waals surface area contributed by atoms with Gasteiger partial charge in [0, 0.05) is 16.8 Å². The molecule has 2 aromatic carbocycles. The molecule has 0 aliphatic rings. The predicted molar refractivity (Wildman–Crippen MR) is 81.8 cm³/mol. The van der Waals surface area contributed by atoms with E-state index in [1.165, 1.54) is 0 Å². The molecule has 100 valence electrons. The van der Waals surface area contributed by atoms with Crippen LogP contribution in [0.25, 0.3) is 0 Å². The van der Waals surface area contributed by atoms with Crippen molar-refractivity contribution in [2.75, 3.05) is 17.7 Å². The average molecular weight is 297 g/mol. The summed E-state index contributed by atoms with van der Waals surface area (Å²) in [5.41, 5.74) is 8.00. The molecular formula is C14H14Cl2N2O. The molecule has 0 atom stereocenters. The summed E-state index contributed by atoms with van der Waals surface area (Å²) >= 11 is 12.0. The van der Waals surface area contributed by atoms with Crippen molar-refractivity contribution < 1.29 is 4.74 Å². The maximum atomic E-state index is 6.10. The topological polar surface area (TPSA) is 47.3 Å². The van der Waals surface area contributed by atoms with Crippen LogP contribution in [0.15, 0.2) is 36.4 Å². The molecule has 3 N–H and O–H groups in total. The van der Waals surface area contributed by atoms with Crippen LogP contribution in [0.4, 0.5) is 17.1 Å². The van der Waals surface area contributed by atoms with Gasteiger partial charge in [0.05, 0.1) is 23.0 Å². The van der Waals surface area contributed by atoms with Crippen molar-refractivity contribution >= 4 is 40.3 Å². The summed E-state index contributed by atoms with van der Waals surface area (Å²) in [4.78, 5) is 0. The molecule has 0 radical (unpaired) electrons. The van der Waals surface area contributed by atoms with Crippen molar-refractivity contribution in [3.8, 4) is 5.75 Å². The van der Waals surface area contributed by atoms with Gasteiger partial charge < -0.3 is 15.8 Å². The highest BCUT2D eigenvalue weighted by molar-refractivity contribution is 6.35. The molecule has 0 heterocycles. The lowest BCUT2D eigenvalue weighted by molar-refractivity contribution is 0.342. The van der Waals surface area contributed by atoms with Crippen LogP contribution in [0.1, 0.15) is 6.92 Å². The van der Waals surface area contributed by atoms with Gasteiger partial charge in [0.15, 0.2) is 0 Å². The van der Waals surface area contributed by atoms with E-state index in [9.17, 15) is 0 Å². The highest BCUT2D eigenvalue weighted by atomic mass is 35.5. The van der Waals surface area contributed by atoms with Gasteiger partial charge in [-0.05, 0) is 37.3 Å². The van der Waals surface area contributed by atoms with Gasteiger partial charge in [-0.15, -0.1) is 0 Å². The summed E-state index contributed by atoms with van der Waals surface area (Å²) in [6.07, 6.45) is 0. The number of rotatable bonds is 4. The second kappa shape index (κ2) is 6.04. The summed E-state index contributed by atoms with van der Waals surface area (Å²) in [6.45, 7) is 2.47. The van der Waals surface area contributed by atoms with E-state index in [1.54, 1.807) is 24.3 Å². The van der Waals surface area contributed by atoms with Gasteiger partial charge in [-0.2, -0.15) is 0 Å². The molecule has 3 nitrogen and oxygen atoms in total. The monoisotopic (exact) mass is 296 g/mol. The fourth-order valence-corrected chi connectivity index (χ4v) is 1.98. The molecule has 0 bridgehead atoms. The standard InChI is InChI=1S/C14H14Cl2N2O/c1-2-19-14-8-10(4-6-12(14)17)18-13-7-9(15)3-5-11(13)16/h3-8,18H,2,17H2,1H3. The maximum absolute atomic E-state index is 6.10. The SMILES string of the molecule is CCOc1cc(Nc2cc(Cl)ccc2Cl)ccc1N. The molecule has 0 aliphatic heterocycles. The van der Waals surface area contributed by atoms with Gasteiger partial charge in [0.2, 0.25) is 0 Å². The van der Waals surface area contributed by atoms with Crippen molar-refractivity contribution in [3.05, 3.63) is 46.4 Å². The normalized spacial score (nSPS) is 10.3. The van der Waals surface area contributed by atoms with Gasteiger partial charge in [-0.3, -0.25) is 0 Å². The van der Waals surface area contributed by atoms with Gasteiger partial charge >= 0.3 is 0 Å². The number of nitrogens with two attached hydrogens (primary N) is 1. The number of hydrogen-bond donors (Lipinski definition) is 2. The summed E-state index contributed by atoms with van der Waals surface area (Å²) in [6, 6.07) is 10.7. The number of benzene rings is 2. The first-order chi connectivity index (χ1) is 9.10. The Balaban J connectivity index is 2.28. The molecule has 0 unspecified atom stereocenters. The largest absolute Gasteiger partial charge is 0.492 e. The van der Waals surface area contributed by atoms with E-state index < -0.39 is 0 Å². The predicted octanol–water partition coefficient (Wildman–Crippen LogP) is 4.72. The fourth-order valence-electron chi connectivity index (χ4n) is 1.64. The van der Waals surface area contributed by atoms with Crippen LogP contribution in [0.5, 0.6) is 5.75 Å². The van der Waals surface area contributed by atoms with Crippen molar-refractivity contribution in [3.63, 3.8) is 0 Å². The van der Waals surface area contributed by atoms with E-state index in [2.05, 4.69) is 5.32 Å². The van der Waals surface area contributed by atoms with Crippen LogP contribution in [0.2, 0.25) is 10.0 Å². The van der Waals surface area contributed by atoms with E-state index in [1.807, 2.05) is 19.1 Å². The first-order valence-corrected chi connectivity index (χ1v) is 6.60. The van der Waals surface area contributed by atoms with Crippen molar-refractivity contribution in [1.29, 1.82) is 0 Å². The molecule has 0 aromatic heterocycles. The van der Waals surface area contributed by atoms with Crippen LogP contribution in [-0.2, 0) is 0 Å². The van der Waals surface area contributed by atoms with E-state index in [4.69, 9.17) is 33.7 Å². The number of nitrogens with one attached hydrogen (secondary N) is 1. The van der Waals surface area contributed by atoms with E-state index in [0.29, 0.717) is 28.1 Å². The molecule has 0 saturated heterocycles. The van der Waals surface area contributed by atoms with E-state index in [-0.39, 0.29) is 0 Å². The molecule has 0 aliphatic carbocycles. The van der Waals surface area contributed by atoms with Crippen LogP contribution < -0.4 is 15.8 Å². The number of halogens is 2. The molecule has 0 saturated carbocycles. The lowest BCUT2D eigenvalue weighted by atomic mass is 10.2. The molecule has 2 aromatic rings. The van der Waals surface area contributed by atoms with Crippen LogP contribution >= 0.6 is 23.2 Å². The molecule has 19 heavy (non-hydrogen) atoms. The Morgan fingerprint density at radius 3 is 2.68 bits per heavy atom. The number of hydrogen-bond acceptors (Lipinski definition) is 3. The minimum Gasteiger partial charge on any atom is -0.492 e. The molecule has 0 spiro atoms. The quantitative estimate of drug-likeness (QED) is 0.803. The van der Waals surface area contributed by atoms with Gasteiger partial charge in [0.25, 0.3) is 0 Å². The van der Waals surface area contributed by atoms with E-state index >= 15 is 0 Å². The molecular weight excluding hydrogens is 283 g/mol. The number of anilines is 3. The Morgan fingerprint density at radius 1 is 1.16 bits per heavy atom. The van der Waals surface area contributed by atoms with Crippen LogP contribution in [0, 0.1) is 0 Å². The van der Waals surface area contributed by atoms with Crippen molar-refractivity contribution in [1.82, 2.24) is 0 Å². The summed E-state index contributed by atoms with van der Waals surface area (Å²) < 4.78 is 5.44. The smallest absolute Gasteiger partial charge is 0.144 e. The van der Waals surface area contributed by atoms with Gasteiger partial charge in [0.1, 0.15) is 5.75 Å². The Kier molecular flexibility index (Phi) is 4.40. The zero-order chi connectivity index (χ0) is 13.8. The Hall–Kier alpha value is -1.58. The Labute approximate surface area is 122 Å². The third kappa shape index (κ3) is 3.46. The summed E-state index contributed by atoms with van der Waals surface area (Å²) in [5, 5.41) is 4.40. The summed E-state index contributed by atoms with van der Waals surface area (Å²) in [5.74, 6) is 0.644. The highest BCUT2D eigenvalue weighted by Gasteiger charge is 2.05. The van der Waals surface area contributed by atoms with Crippen LogP contribution in [-0.4, -0.2) is 6.61 Å². The average Bonchev–Trinajstić information content (AvgIpc) is 2.38. The summed E-state index contributed by atoms with van der Waals surface area (Å²) in [7, 11) is 0. The molecule has 2 rings (SSSR count). The number of nitrogen functional groups attached to an aromatic ring is 1. The van der Waals surface area contributed by atoms with Crippen LogP contribution in [0.3, 0.4) is 0 Å². The zero-order valence-corrected chi connectivity index (χ0v) is 11.9. The fraction of sp³-hybridized carbons (Fsp3) is 0.143. The zero-order valence-electron chi connectivity index (χ0n) is 10.4. The second-order valence-corrected chi connectivity index (χ2v) is 4.78. The lowest BCUT2D eigenvalue weighted by Gasteiger charge is -2.12. The third-order valence-electron chi connectivity index (χ3n) is 2.52. The Bertz CT molecular complexity index is 588. The highest BCUT2D eigenvalue weighted by Crippen LogP contribution is 2.31. The molecule has 5 heteroatoms. The second-order valence-electron chi connectivity index (χ2n) is 3.93. The minimum absolute atomic E-state index is 0.561. The maximum Gasteiger partial charge on any atom is 0.144 e. The minimum atomic E-state index is 0.561. The lowest BCUT2D eigenvalue weighted by Crippen LogP contribution is -1.98.